The molecule has 0 unspecified atom stereocenters. The van der Waals surface area contributed by atoms with E-state index in [9.17, 15) is 9.59 Å². The largest absolute Gasteiger partial charge is 0.480 e. The number of carbonyl (C=O) groups is 2. The molecule has 0 spiro atoms. The van der Waals surface area contributed by atoms with Gasteiger partial charge < -0.3 is 15.3 Å². The zero-order valence-corrected chi connectivity index (χ0v) is 12.6. The van der Waals surface area contributed by atoms with Gasteiger partial charge in [0.05, 0.1) is 0 Å². The summed E-state index contributed by atoms with van der Waals surface area (Å²) < 4.78 is 0. The number of carboxylic acids is 1. The molecule has 0 saturated heterocycles. The van der Waals surface area contributed by atoms with Crippen LogP contribution in [0.4, 0.5) is 10.5 Å². The SMILES string of the molecule is Cc1cc(C)cc(NC(=O)N(CC(=O)O)C2CCCC2)c1. The van der Waals surface area contributed by atoms with E-state index in [1.54, 1.807) is 0 Å². The molecule has 0 aliphatic heterocycles. The number of aryl methyl sites for hydroxylation is 2. The summed E-state index contributed by atoms with van der Waals surface area (Å²) >= 11 is 0. The molecule has 1 aromatic carbocycles. The highest BCUT2D eigenvalue weighted by molar-refractivity contribution is 5.91. The summed E-state index contributed by atoms with van der Waals surface area (Å²) in [6, 6.07) is 5.51. The van der Waals surface area contributed by atoms with Gasteiger partial charge in [-0.05, 0) is 49.9 Å². The molecule has 5 heteroatoms. The van der Waals surface area contributed by atoms with Crippen LogP contribution in [0, 0.1) is 13.8 Å². The second-order valence-electron chi connectivity index (χ2n) is 5.77. The van der Waals surface area contributed by atoms with Crippen molar-refractivity contribution in [3.8, 4) is 0 Å². The molecule has 21 heavy (non-hydrogen) atoms. The average molecular weight is 290 g/mol. The van der Waals surface area contributed by atoms with Crippen LogP contribution in [-0.4, -0.2) is 34.6 Å². The van der Waals surface area contributed by atoms with Crippen molar-refractivity contribution < 1.29 is 14.7 Å². The van der Waals surface area contributed by atoms with Gasteiger partial charge in [0.25, 0.3) is 0 Å². The summed E-state index contributed by atoms with van der Waals surface area (Å²) in [6.45, 7) is 3.69. The van der Waals surface area contributed by atoms with Gasteiger partial charge in [0.1, 0.15) is 6.54 Å². The van der Waals surface area contributed by atoms with E-state index in [0.717, 1.165) is 36.8 Å². The minimum atomic E-state index is -0.975. The van der Waals surface area contributed by atoms with Crippen molar-refractivity contribution in [2.75, 3.05) is 11.9 Å². The highest BCUT2D eigenvalue weighted by Gasteiger charge is 2.28. The van der Waals surface area contributed by atoms with E-state index in [1.807, 2.05) is 32.0 Å². The maximum Gasteiger partial charge on any atom is 0.323 e. The Bertz CT molecular complexity index is 516. The first-order chi connectivity index (χ1) is 9.95. The molecule has 1 aromatic rings. The smallest absolute Gasteiger partial charge is 0.323 e. The van der Waals surface area contributed by atoms with Crippen LogP contribution in [0.15, 0.2) is 18.2 Å². The van der Waals surface area contributed by atoms with Crippen LogP contribution in [0.2, 0.25) is 0 Å². The third-order valence-electron chi connectivity index (χ3n) is 3.80. The van der Waals surface area contributed by atoms with Gasteiger partial charge in [-0.25, -0.2) is 4.79 Å². The van der Waals surface area contributed by atoms with Crippen LogP contribution in [0.5, 0.6) is 0 Å². The lowest BCUT2D eigenvalue weighted by molar-refractivity contribution is -0.138. The summed E-state index contributed by atoms with van der Waals surface area (Å²) in [5, 5.41) is 11.9. The van der Waals surface area contributed by atoms with Crippen molar-refractivity contribution in [3.63, 3.8) is 0 Å². The summed E-state index contributed by atoms with van der Waals surface area (Å²) in [5.74, 6) is -0.975. The first kappa shape index (κ1) is 15.4. The molecular formula is C16H22N2O3. The Balaban J connectivity index is 2.11. The minimum absolute atomic E-state index is 0.0343. The molecular weight excluding hydrogens is 268 g/mol. The van der Waals surface area contributed by atoms with E-state index in [0.29, 0.717) is 5.69 Å². The van der Waals surface area contributed by atoms with Crippen molar-refractivity contribution in [1.29, 1.82) is 0 Å². The Kier molecular flexibility index (Phi) is 4.83. The molecule has 0 heterocycles. The molecule has 1 aliphatic carbocycles. The Morgan fingerprint density at radius 3 is 2.29 bits per heavy atom. The zero-order chi connectivity index (χ0) is 15.4. The Morgan fingerprint density at radius 2 is 1.76 bits per heavy atom. The van der Waals surface area contributed by atoms with Gasteiger partial charge in [-0.3, -0.25) is 4.79 Å². The van der Waals surface area contributed by atoms with Gasteiger partial charge in [0, 0.05) is 11.7 Å². The first-order valence-corrected chi connectivity index (χ1v) is 7.33. The van der Waals surface area contributed by atoms with Crippen molar-refractivity contribution >= 4 is 17.7 Å². The molecule has 1 saturated carbocycles. The Labute approximate surface area is 125 Å². The number of anilines is 1. The van der Waals surface area contributed by atoms with Gasteiger partial charge in [-0.2, -0.15) is 0 Å². The second kappa shape index (κ2) is 6.61. The lowest BCUT2D eigenvalue weighted by Crippen LogP contribution is -2.44. The van der Waals surface area contributed by atoms with Crippen LogP contribution in [0.3, 0.4) is 0 Å². The van der Waals surface area contributed by atoms with Crippen LogP contribution in [0.1, 0.15) is 36.8 Å². The number of amides is 2. The van der Waals surface area contributed by atoms with Crippen LogP contribution >= 0.6 is 0 Å². The normalized spacial score (nSPS) is 15.0. The fraction of sp³-hybridized carbons (Fsp3) is 0.500. The van der Waals surface area contributed by atoms with Crippen molar-refractivity contribution in [3.05, 3.63) is 29.3 Å². The van der Waals surface area contributed by atoms with Crippen LogP contribution in [-0.2, 0) is 4.79 Å². The maximum atomic E-state index is 12.4. The molecule has 2 amide bonds. The number of aliphatic carboxylic acids is 1. The standard InChI is InChI=1S/C16H22N2O3/c1-11-7-12(2)9-13(8-11)17-16(21)18(10-15(19)20)14-5-3-4-6-14/h7-9,14H,3-6,10H2,1-2H3,(H,17,21)(H,19,20). The second-order valence-corrected chi connectivity index (χ2v) is 5.77. The molecule has 5 nitrogen and oxygen atoms in total. The monoisotopic (exact) mass is 290 g/mol. The lowest BCUT2D eigenvalue weighted by Gasteiger charge is -2.27. The van der Waals surface area contributed by atoms with Gasteiger partial charge >= 0.3 is 12.0 Å². The minimum Gasteiger partial charge on any atom is -0.480 e. The number of rotatable bonds is 4. The molecule has 2 N–H and O–H groups in total. The van der Waals surface area contributed by atoms with E-state index in [1.165, 1.54) is 4.90 Å². The third-order valence-corrected chi connectivity index (χ3v) is 3.80. The van der Waals surface area contributed by atoms with E-state index in [-0.39, 0.29) is 18.6 Å². The summed E-state index contributed by atoms with van der Waals surface area (Å²) in [7, 11) is 0. The zero-order valence-electron chi connectivity index (χ0n) is 12.6. The lowest BCUT2D eigenvalue weighted by atomic mass is 10.1. The molecule has 114 valence electrons. The number of nitrogens with one attached hydrogen (secondary N) is 1. The summed E-state index contributed by atoms with van der Waals surface area (Å²) in [5.41, 5.74) is 2.85. The summed E-state index contributed by atoms with van der Waals surface area (Å²) in [4.78, 5) is 24.9. The Morgan fingerprint density at radius 1 is 1.19 bits per heavy atom. The van der Waals surface area contributed by atoms with Gasteiger partial charge in [0.15, 0.2) is 0 Å². The number of nitrogens with zero attached hydrogens (tertiary/aromatic N) is 1. The Hall–Kier alpha value is -2.04. The topological polar surface area (TPSA) is 69.6 Å². The van der Waals surface area contributed by atoms with E-state index >= 15 is 0 Å². The first-order valence-electron chi connectivity index (χ1n) is 7.33. The highest BCUT2D eigenvalue weighted by atomic mass is 16.4. The fourth-order valence-electron chi connectivity index (χ4n) is 2.97. The number of carboxylic acid groups (broad SMARTS) is 1. The van der Waals surface area contributed by atoms with Gasteiger partial charge in [0.2, 0.25) is 0 Å². The third kappa shape index (κ3) is 4.21. The van der Waals surface area contributed by atoms with E-state index in [2.05, 4.69) is 5.32 Å². The number of hydrogen-bond acceptors (Lipinski definition) is 2. The number of carbonyl (C=O) groups excluding carboxylic acids is 1. The predicted molar refractivity (Wildman–Crippen MR) is 81.5 cm³/mol. The number of urea groups is 1. The molecule has 2 rings (SSSR count). The van der Waals surface area contributed by atoms with Crippen molar-refractivity contribution in [2.24, 2.45) is 0 Å². The van der Waals surface area contributed by atoms with Crippen molar-refractivity contribution in [1.82, 2.24) is 4.90 Å². The van der Waals surface area contributed by atoms with Gasteiger partial charge in [-0.15, -0.1) is 0 Å². The molecule has 1 aliphatic rings. The van der Waals surface area contributed by atoms with Gasteiger partial charge in [-0.1, -0.05) is 18.9 Å². The maximum absolute atomic E-state index is 12.4. The highest BCUT2D eigenvalue weighted by Crippen LogP contribution is 2.24. The molecule has 1 fully saturated rings. The molecule has 0 atom stereocenters. The van der Waals surface area contributed by atoms with E-state index in [4.69, 9.17) is 5.11 Å². The number of hydrogen-bond donors (Lipinski definition) is 2. The summed E-state index contributed by atoms with van der Waals surface area (Å²) in [6.07, 6.45) is 3.87. The average Bonchev–Trinajstić information content (AvgIpc) is 2.87. The van der Waals surface area contributed by atoms with Crippen LogP contribution < -0.4 is 5.32 Å². The quantitative estimate of drug-likeness (QED) is 0.895. The van der Waals surface area contributed by atoms with Crippen molar-refractivity contribution in [2.45, 2.75) is 45.6 Å². The predicted octanol–water partition coefficient (Wildman–Crippen LogP) is 3.16. The molecule has 0 radical (unpaired) electrons. The molecule has 0 bridgehead atoms. The fourth-order valence-corrected chi connectivity index (χ4v) is 2.97. The van der Waals surface area contributed by atoms with Crippen LogP contribution in [0.25, 0.3) is 0 Å². The van der Waals surface area contributed by atoms with E-state index < -0.39 is 5.97 Å². The molecule has 0 aromatic heterocycles. The number of benzene rings is 1.